The first-order valence-electron chi connectivity index (χ1n) is 7.71. The van der Waals surface area contributed by atoms with E-state index >= 15 is 0 Å². The molecule has 2 aliphatic heterocycles. The first-order valence-corrected chi connectivity index (χ1v) is 7.71. The second-order valence-electron chi connectivity index (χ2n) is 7.12. The molecule has 120 valence electrons. The molecular weight excluding hydrogens is 287 g/mol. The number of alkyl halides is 1. The standard InChI is InChI=1S/C15H21FN4O2/c1-14(2)11-10(19-7-15(11,14)16)13(22)20-9(6-17)5-8-3-4-18-12(8)21/h8-11,19H,3-5,7H2,1-2H3,(H,18,21)(H,20,22)/t8-,9-,10-,11?,15?/m0/s1. The van der Waals surface area contributed by atoms with Crippen molar-refractivity contribution in [1.29, 1.82) is 5.26 Å². The second kappa shape index (κ2) is 4.92. The van der Waals surface area contributed by atoms with E-state index in [-0.39, 0.29) is 30.2 Å². The first-order chi connectivity index (χ1) is 10.3. The van der Waals surface area contributed by atoms with Crippen LogP contribution in [0.25, 0.3) is 0 Å². The largest absolute Gasteiger partial charge is 0.356 e. The van der Waals surface area contributed by atoms with Crippen LogP contribution in [0.15, 0.2) is 0 Å². The fourth-order valence-electron chi connectivity index (χ4n) is 4.04. The Morgan fingerprint density at radius 1 is 1.59 bits per heavy atom. The van der Waals surface area contributed by atoms with Gasteiger partial charge < -0.3 is 16.0 Å². The van der Waals surface area contributed by atoms with Gasteiger partial charge in [0.25, 0.3) is 0 Å². The average molecular weight is 308 g/mol. The summed E-state index contributed by atoms with van der Waals surface area (Å²) in [7, 11) is 0. The van der Waals surface area contributed by atoms with Gasteiger partial charge in [-0.15, -0.1) is 0 Å². The van der Waals surface area contributed by atoms with Gasteiger partial charge in [0.05, 0.1) is 12.1 Å². The molecule has 22 heavy (non-hydrogen) atoms. The van der Waals surface area contributed by atoms with Crippen LogP contribution >= 0.6 is 0 Å². The lowest BCUT2D eigenvalue weighted by Gasteiger charge is -2.21. The minimum absolute atomic E-state index is 0.0698. The van der Waals surface area contributed by atoms with Crippen molar-refractivity contribution >= 4 is 11.8 Å². The number of carbonyl (C=O) groups is 2. The number of nitrogens with one attached hydrogen (secondary N) is 3. The highest BCUT2D eigenvalue weighted by Gasteiger charge is 2.79. The van der Waals surface area contributed by atoms with Gasteiger partial charge in [-0.25, -0.2) is 4.39 Å². The molecule has 2 amide bonds. The number of carbonyl (C=O) groups excluding carboxylic acids is 2. The summed E-state index contributed by atoms with van der Waals surface area (Å²) >= 11 is 0. The third kappa shape index (κ3) is 2.09. The van der Waals surface area contributed by atoms with Crippen LogP contribution in [0, 0.1) is 28.6 Å². The molecule has 7 heteroatoms. The molecule has 3 aliphatic rings. The summed E-state index contributed by atoms with van der Waals surface area (Å²) in [5.41, 5.74) is -1.84. The van der Waals surface area contributed by atoms with Crippen LogP contribution in [0.4, 0.5) is 4.39 Å². The van der Waals surface area contributed by atoms with Crippen molar-refractivity contribution in [2.45, 2.75) is 44.4 Å². The van der Waals surface area contributed by atoms with E-state index in [9.17, 15) is 19.2 Å². The SMILES string of the molecule is CC1(C)C2[C@@H](C(=O)N[C@H](C#N)C[C@@H]3CCNC3=O)NCC21F. The van der Waals surface area contributed by atoms with Gasteiger partial charge in [0, 0.05) is 30.3 Å². The van der Waals surface area contributed by atoms with Crippen molar-refractivity contribution in [2.75, 3.05) is 13.1 Å². The Morgan fingerprint density at radius 3 is 2.82 bits per heavy atom. The van der Waals surface area contributed by atoms with Crippen LogP contribution in [0.3, 0.4) is 0 Å². The van der Waals surface area contributed by atoms with Crippen LogP contribution in [0.2, 0.25) is 0 Å². The molecule has 2 saturated heterocycles. The summed E-state index contributed by atoms with van der Waals surface area (Å²) in [6, 6.07) is 0.703. The van der Waals surface area contributed by atoms with Crippen molar-refractivity contribution < 1.29 is 14.0 Å². The molecule has 2 unspecified atom stereocenters. The molecule has 3 fully saturated rings. The maximum atomic E-state index is 14.5. The topological polar surface area (TPSA) is 94.0 Å². The highest BCUT2D eigenvalue weighted by atomic mass is 19.1. The average Bonchev–Trinajstić information content (AvgIpc) is 2.86. The van der Waals surface area contributed by atoms with E-state index in [4.69, 9.17) is 0 Å². The molecule has 0 spiro atoms. The molecule has 2 heterocycles. The lowest BCUT2D eigenvalue weighted by atomic mass is 9.98. The van der Waals surface area contributed by atoms with E-state index in [0.29, 0.717) is 19.4 Å². The molecule has 1 aliphatic carbocycles. The number of nitrogens with zero attached hydrogens (tertiary/aromatic N) is 1. The number of halogens is 1. The first kappa shape index (κ1) is 15.2. The predicted octanol–water partition coefficient (Wildman–Crippen LogP) is -0.143. The van der Waals surface area contributed by atoms with E-state index in [2.05, 4.69) is 16.0 Å². The minimum atomic E-state index is -1.33. The highest BCUT2D eigenvalue weighted by Crippen LogP contribution is 2.68. The fourth-order valence-corrected chi connectivity index (χ4v) is 4.04. The number of amides is 2. The summed E-state index contributed by atoms with van der Waals surface area (Å²) in [4.78, 5) is 23.9. The molecular formula is C15H21FN4O2. The third-order valence-electron chi connectivity index (χ3n) is 5.61. The lowest BCUT2D eigenvalue weighted by molar-refractivity contribution is -0.125. The van der Waals surface area contributed by atoms with E-state index in [1.165, 1.54) is 0 Å². The number of fused-ring (bicyclic) bond motifs is 1. The predicted molar refractivity (Wildman–Crippen MR) is 76.2 cm³/mol. The lowest BCUT2D eigenvalue weighted by Crippen LogP contribution is -2.48. The Bertz CT molecular complexity index is 558. The smallest absolute Gasteiger partial charge is 0.238 e. The molecule has 1 saturated carbocycles. The van der Waals surface area contributed by atoms with Crippen molar-refractivity contribution in [1.82, 2.24) is 16.0 Å². The minimum Gasteiger partial charge on any atom is -0.356 e. The number of hydrogen-bond donors (Lipinski definition) is 3. The van der Waals surface area contributed by atoms with E-state index in [1.54, 1.807) is 0 Å². The van der Waals surface area contributed by atoms with Gasteiger partial charge in [-0.3, -0.25) is 9.59 Å². The van der Waals surface area contributed by atoms with Gasteiger partial charge in [-0.1, -0.05) is 13.8 Å². The maximum Gasteiger partial charge on any atom is 0.238 e. The number of nitriles is 1. The van der Waals surface area contributed by atoms with Crippen molar-refractivity contribution in [3.8, 4) is 6.07 Å². The maximum absolute atomic E-state index is 14.5. The van der Waals surface area contributed by atoms with Crippen LogP contribution in [-0.4, -0.2) is 42.7 Å². The molecule has 0 aromatic carbocycles. The zero-order valence-electron chi connectivity index (χ0n) is 12.8. The molecule has 3 rings (SSSR count). The van der Waals surface area contributed by atoms with Gasteiger partial charge in [0.1, 0.15) is 11.7 Å². The summed E-state index contributed by atoms with van der Waals surface area (Å²) in [5, 5.41) is 17.5. The molecule has 0 aromatic rings. The van der Waals surface area contributed by atoms with Crippen molar-refractivity contribution in [2.24, 2.45) is 17.3 Å². The molecule has 3 N–H and O–H groups in total. The number of piperidine rings is 1. The quantitative estimate of drug-likeness (QED) is 0.673. The van der Waals surface area contributed by atoms with Crippen LogP contribution in [0.5, 0.6) is 0 Å². The van der Waals surface area contributed by atoms with Gasteiger partial charge in [-0.05, 0) is 12.8 Å². The van der Waals surface area contributed by atoms with Crippen LogP contribution in [0.1, 0.15) is 26.7 Å². The third-order valence-corrected chi connectivity index (χ3v) is 5.61. The normalized spacial score (nSPS) is 39.5. The van der Waals surface area contributed by atoms with Crippen LogP contribution in [-0.2, 0) is 9.59 Å². The summed E-state index contributed by atoms with van der Waals surface area (Å²) in [5.74, 6) is -1.01. The van der Waals surface area contributed by atoms with Gasteiger partial charge in [-0.2, -0.15) is 5.26 Å². The molecule has 6 nitrogen and oxygen atoms in total. The zero-order chi connectivity index (χ0) is 16.1. The molecule has 5 atom stereocenters. The fraction of sp³-hybridized carbons (Fsp3) is 0.800. The van der Waals surface area contributed by atoms with Crippen LogP contribution < -0.4 is 16.0 Å². The highest BCUT2D eigenvalue weighted by molar-refractivity contribution is 5.85. The van der Waals surface area contributed by atoms with Gasteiger partial charge in [0.2, 0.25) is 11.8 Å². The summed E-state index contributed by atoms with van der Waals surface area (Å²) in [6.07, 6.45) is 0.980. The van der Waals surface area contributed by atoms with Crippen molar-refractivity contribution in [3.63, 3.8) is 0 Å². The number of hydrogen-bond acceptors (Lipinski definition) is 4. The van der Waals surface area contributed by atoms with E-state index in [0.717, 1.165) is 0 Å². The van der Waals surface area contributed by atoms with E-state index in [1.807, 2.05) is 19.9 Å². The Balaban J connectivity index is 1.59. The Labute approximate surface area is 128 Å². The van der Waals surface area contributed by atoms with Gasteiger partial charge >= 0.3 is 0 Å². The van der Waals surface area contributed by atoms with Gasteiger partial charge in [0.15, 0.2) is 0 Å². The molecule has 0 bridgehead atoms. The van der Waals surface area contributed by atoms with E-state index < -0.39 is 23.2 Å². The molecule has 0 aromatic heterocycles. The Hall–Kier alpha value is -1.68. The monoisotopic (exact) mass is 308 g/mol. The summed E-state index contributed by atoms with van der Waals surface area (Å²) < 4.78 is 14.5. The number of rotatable bonds is 4. The second-order valence-corrected chi connectivity index (χ2v) is 7.12. The van der Waals surface area contributed by atoms with Crippen molar-refractivity contribution in [3.05, 3.63) is 0 Å². The molecule has 0 radical (unpaired) electrons. The zero-order valence-corrected chi connectivity index (χ0v) is 12.8. The summed E-state index contributed by atoms with van der Waals surface area (Å²) in [6.45, 7) is 4.43. The Kier molecular flexibility index (Phi) is 3.40. The Morgan fingerprint density at radius 2 is 2.32 bits per heavy atom.